The number of methoxy groups -OCH3 is 1. The molecular formula is C12H13BrF3NO2. The molecule has 0 aliphatic carbocycles. The van der Waals surface area contributed by atoms with E-state index >= 15 is 0 Å². The zero-order valence-electron chi connectivity index (χ0n) is 10.3. The summed E-state index contributed by atoms with van der Waals surface area (Å²) < 4.78 is 43.6. The molecule has 0 fully saturated rings. The van der Waals surface area contributed by atoms with E-state index in [9.17, 15) is 18.0 Å². The van der Waals surface area contributed by atoms with E-state index in [-0.39, 0.29) is 0 Å². The molecular weight excluding hydrogens is 327 g/mol. The normalized spacial score (nSPS) is 14.9. The van der Waals surface area contributed by atoms with Crippen molar-refractivity contribution < 1.29 is 22.7 Å². The average Bonchev–Trinajstić information content (AvgIpc) is 2.27. The van der Waals surface area contributed by atoms with Crippen LogP contribution in [0.25, 0.3) is 0 Å². The lowest BCUT2D eigenvalue weighted by molar-refractivity contribution is -0.185. The summed E-state index contributed by atoms with van der Waals surface area (Å²) in [6, 6.07) is 4.76. The third-order valence-corrected chi connectivity index (χ3v) is 3.25. The highest BCUT2D eigenvalue weighted by Gasteiger charge is 2.53. The van der Waals surface area contributed by atoms with Gasteiger partial charge in [0.05, 0.1) is 7.11 Å². The molecule has 0 aromatic heterocycles. The molecule has 3 nitrogen and oxygen atoms in total. The molecule has 0 radical (unpaired) electrons. The van der Waals surface area contributed by atoms with Gasteiger partial charge in [0.1, 0.15) is 5.75 Å². The molecule has 0 bridgehead atoms. The van der Waals surface area contributed by atoms with E-state index in [1.807, 2.05) is 0 Å². The number of rotatable bonds is 4. The predicted octanol–water partition coefficient (Wildman–Crippen LogP) is 2.85. The van der Waals surface area contributed by atoms with Crippen molar-refractivity contribution >= 4 is 21.7 Å². The fourth-order valence-electron chi connectivity index (χ4n) is 1.40. The van der Waals surface area contributed by atoms with Gasteiger partial charge in [0.25, 0.3) is 0 Å². The first kappa shape index (κ1) is 16.0. The molecule has 0 aliphatic rings. The van der Waals surface area contributed by atoms with Crippen LogP contribution in [0.3, 0.4) is 0 Å². The molecule has 0 aliphatic heterocycles. The molecule has 0 saturated heterocycles. The number of benzene rings is 1. The third-order valence-electron chi connectivity index (χ3n) is 2.76. The molecule has 7 heteroatoms. The average molecular weight is 340 g/mol. The molecule has 1 aromatic carbocycles. The van der Waals surface area contributed by atoms with Crippen molar-refractivity contribution in [1.82, 2.24) is 0 Å². The molecule has 106 valence electrons. The Morgan fingerprint density at radius 2 is 2.00 bits per heavy atom. The number of carbonyl (C=O) groups excluding carboxylic acids is 1. The van der Waals surface area contributed by atoms with Gasteiger partial charge in [-0.3, -0.25) is 4.79 Å². The van der Waals surface area contributed by atoms with E-state index in [1.54, 1.807) is 12.1 Å². The van der Waals surface area contributed by atoms with Crippen LogP contribution in [0.1, 0.15) is 12.5 Å². The topological polar surface area (TPSA) is 52.3 Å². The van der Waals surface area contributed by atoms with Crippen LogP contribution in [0.5, 0.6) is 5.75 Å². The number of alkyl halides is 3. The summed E-state index contributed by atoms with van der Waals surface area (Å²) in [5.41, 5.74) is 2.56. The second-order valence-corrected chi connectivity index (χ2v) is 5.17. The fraction of sp³-hybridized carbons (Fsp3) is 0.417. The van der Waals surface area contributed by atoms with Gasteiger partial charge in [0.2, 0.25) is 0 Å². The van der Waals surface area contributed by atoms with Gasteiger partial charge in [-0.2, -0.15) is 13.2 Å². The number of ether oxygens (including phenoxy) is 1. The number of nitrogens with two attached hydrogens (primary N) is 1. The van der Waals surface area contributed by atoms with Crippen molar-refractivity contribution in [3.8, 4) is 5.75 Å². The minimum atomic E-state index is -4.79. The Kier molecular flexibility index (Phi) is 4.63. The van der Waals surface area contributed by atoms with E-state index in [1.165, 1.54) is 13.2 Å². The minimum Gasteiger partial charge on any atom is -0.496 e. The molecule has 2 N–H and O–H groups in total. The SMILES string of the molecule is COc1ccc(Br)cc1CC(=O)C(C)(N)C(F)(F)F. The number of carbonyl (C=O) groups is 1. The molecule has 19 heavy (non-hydrogen) atoms. The smallest absolute Gasteiger partial charge is 0.413 e. The lowest BCUT2D eigenvalue weighted by Gasteiger charge is -2.26. The summed E-state index contributed by atoms with van der Waals surface area (Å²) in [5.74, 6) is -0.772. The van der Waals surface area contributed by atoms with E-state index < -0.39 is 23.9 Å². The maximum Gasteiger partial charge on any atom is 0.413 e. The van der Waals surface area contributed by atoms with Gasteiger partial charge in [0.15, 0.2) is 11.3 Å². The van der Waals surface area contributed by atoms with Crippen LogP contribution >= 0.6 is 15.9 Å². The highest BCUT2D eigenvalue weighted by molar-refractivity contribution is 9.10. The first-order chi connectivity index (χ1) is 8.59. The lowest BCUT2D eigenvalue weighted by Crippen LogP contribution is -2.57. The molecule has 1 unspecified atom stereocenters. The summed E-state index contributed by atoms with van der Waals surface area (Å²) in [7, 11) is 1.38. The number of ketones is 1. The Hall–Kier alpha value is -1.08. The van der Waals surface area contributed by atoms with Crippen LogP contribution < -0.4 is 10.5 Å². The van der Waals surface area contributed by atoms with Crippen molar-refractivity contribution in [3.63, 3.8) is 0 Å². The summed E-state index contributed by atoms with van der Waals surface area (Å²) >= 11 is 3.19. The second-order valence-electron chi connectivity index (χ2n) is 4.26. The van der Waals surface area contributed by atoms with Crippen LogP contribution in [0.2, 0.25) is 0 Å². The molecule has 1 aromatic rings. The Bertz CT molecular complexity index is 486. The van der Waals surface area contributed by atoms with Crippen molar-refractivity contribution in [1.29, 1.82) is 0 Å². The summed E-state index contributed by atoms with van der Waals surface area (Å²) in [6.45, 7) is 0.666. The van der Waals surface area contributed by atoms with E-state index in [0.29, 0.717) is 22.7 Å². The van der Waals surface area contributed by atoms with Crippen molar-refractivity contribution in [3.05, 3.63) is 28.2 Å². The van der Waals surface area contributed by atoms with Crippen molar-refractivity contribution in [2.75, 3.05) is 7.11 Å². The molecule has 0 saturated carbocycles. The Morgan fingerprint density at radius 1 is 1.42 bits per heavy atom. The number of hydrogen-bond donors (Lipinski definition) is 1. The van der Waals surface area contributed by atoms with Gasteiger partial charge in [-0.25, -0.2) is 0 Å². The highest BCUT2D eigenvalue weighted by Crippen LogP contribution is 2.31. The lowest BCUT2D eigenvalue weighted by atomic mass is 9.92. The Balaban J connectivity index is 3.03. The first-order valence-corrected chi connectivity index (χ1v) is 6.10. The number of Topliss-reactive ketones (excluding diaryl/α,β-unsaturated/α-hetero) is 1. The molecule has 0 amide bonds. The van der Waals surface area contributed by atoms with E-state index in [0.717, 1.165) is 0 Å². The number of hydrogen-bond acceptors (Lipinski definition) is 3. The maximum absolute atomic E-state index is 12.7. The van der Waals surface area contributed by atoms with Gasteiger partial charge >= 0.3 is 6.18 Å². The molecule has 1 rings (SSSR count). The summed E-state index contributed by atoms with van der Waals surface area (Å²) in [5, 5.41) is 0. The molecule has 0 heterocycles. The Labute approximate surface area is 117 Å². The zero-order valence-corrected chi connectivity index (χ0v) is 11.9. The predicted molar refractivity (Wildman–Crippen MR) is 68.1 cm³/mol. The maximum atomic E-state index is 12.7. The standard InChI is InChI=1S/C12H13BrF3NO2/c1-11(17,12(14,15)16)10(18)6-7-5-8(13)3-4-9(7)19-2/h3-5H,6,17H2,1-2H3. The number of halogens is 4. The van der Waals surface area contributed by atoms with E-state index in [2.05, 4.69) is 15.9 Å². The molecule has 1 atom stereocenters. The minimum absolute atomic E-state index is 0.342. The van der Waals surface area contributed by atoms with Crippen molar-refractivity contribution in [2.24, 2.45) is 5.73 Å². The van der Waals surface area contributed by atoms with Gasteiger partial charge in [-0.1, -0.05) is 15.9 Å². The quantitative estimate of drug-likeness (QED) is 0.917. The van der Waals surface area contributed by atoms with Crippen LogP contribution in [0.15, 0.2) is 22.7 Å². The third kappa shape index (κ3) is 3.48. The van der Waals surface area contributed by atoms with Gasteiger partial charge in [0, 0.05) is 16.5 Å². The monoisotopic (exact) mass is 339 g/mol. The van der Waals surface area contributed by atoms with Gasteiger partial charge in [-0.05, 0) is 25.1 Å². The fourth-order valence-corrected chi connectivity index (χ4v) is 1.81. The summed E-state index contributed by atoms with van der Waals surface area (Å²) in [6.07, 6.45) is -5.24. The van der Waals surface area contributed by atoms with Crippen molar-refractivity contribution in [2.45, 2.75) is 25.1 Å². The summed E-state index contributed by atoms with van der Waals surface area (Å²) in [4.78, 5) is 11.7. The van der Waals surface area contributed by atoms with Crippen LogP contribution in [-0.4, -0.2) is 24.6 Å². The van der Waals surface area contributed by atoms with Gasteiger partial charge in [-0.15, -0.1) is 0 Å². The van der Waals surface area contributed by atoms with Crippen LogP contribution in [0.4, 0.5) is 13.2 Å². The largest absolute Gasteiger partial charge is 0.496 e. The zero-order chi connectivity index (χ0) is 14.8. The second kappa shape index (κ2) is 5.50. The molecule has 0 spiro atoms. The van der Waals surface area contributed by atoms with Gasteiger partial charge < -0.3 is 10.5 Å². The highest BCUT2D eigenvalue weighted by atomic mass is 79.9. The van der Waals surface area contributed by atoms with Crippen LogP contribution in [0, 0.1) is 0 Å². The Morgan fingerprint density at radius 3 is 2.47 bits per heavy atom. The first-order valence-electron chi connectivity index (χ1n) is 5.31. The van der Waals surface area contributed by atoms with Crippen LogP contribution in [-0.2, 0) is 11.2 Å². The van der Waals surface area contributed by atoms with E-state index in [4.69, 9.17) is 10.5 Å².